The highest BCUT2D eigenvalue weighted by Gasteiger charge is 1.90. The van der Waals surface area contributed by atoms with Gasteiger partial charge in [-0.3, -0.25) is 0 Å². The van der Waals surface area contributed by atoms with E-state index in [0.29, 0.717) is 0 Å². The number of hydrogen-bond acceptors (Lipinski definition) is 1. The Bertz CT molecular complexity index is 126. The summed E-state index contributed by atoms with van der Waals surface area (Å²) in [6.07, 6.45) is 8.27. The maximum absolute atomic E-state index is 3.40. The second kappa shape index (κ2) is 2.92. The van der Waals surface area contributed by atoms with E-state index in [2.05, 4.69) is 27.3 Å². The highest BCUT2D eigenvalue weighted by Crippen LogP contribution is 2.13. The zero-order chi connectivity index (χ0) is 5.82. The summed E-state index contributed by atoms with van der Waals surface area (Å²) in [5.41, 5.74) is 0. The maximum atomic E-state index is 3.40. The molecule has 0 unspecified atom stereocenters. The number of rotatable bonds is 0. The quantitative estimate of drug-likeness (QED) is 0.593. The number of allylic oxidation sites excluding steroid dienone is 2. The third kappa shape index (κ3) is 1.70. The van der Waals surface area contributed by atoms with Crippen molar-refractivity contribution in [2.45, 2.75) is 12.8 Å². The lowest BCUT2D eigenvalue weighted by molar-refractivity contribution is 1.05. The van der Waals surface area contributed by atoms with Crippen LogP contribution < -0.4 is 5.32 Å². The summed E-state index contributed by atoms with van der Waals surface area (Å²) in [4.78, 5) is 0. The molecule has 2 heteroatoms. The predicted molar refractivity (Wildman–Crippen MR) is 38.5 cm³/mol. The SMILES string of the molecule is BrC1=CNC=CCC1. The standard InChI is InChI=1S/C6H8BrN/c7-6-3-1-2-4-8-5-6/h2,4-5,8H,1,3H2. The minimum atomic E-state index is 1.11. The van der Waals surface area contributed by atoms with Crippen LogP contribution in [0.5, 0.6) is 0 Å². The van der Waals surface area contributed by atoms with Crippen LogP contribution in [0.1, 0.15) is 12.8 Å². The van der Waals surface area contributed by atoms with Gasteiger partial charge in [-0.15, -0.1) is 0 Å². The Hall–Kier alpha value is -0.240. The molecule has 0 spiro atoms. The predicted octanol–water partition coefficient (Wildman–Crippen LogP) is 2.12. The molecule has 0 saturated carbocycles. The molecule has 1 rings (SSSR count). The van der Waals surface area contributed by atoms with Crippen molar-refractivity contribution < 1.29 is 0 Å². The zero-order valence-corrected chi connectivity index (χ0v) is 6.11. The van der Waals surface area contributed by atoms with Gasteiger partial charge in [-0.2, -0.15) is 0 Å². The molecule has 1 aliphatic rings. The average molecular weight is 174 g/mol. The fourth-order valence-electron chi connectivity index (χ4n) is 0.583. The molecule has 0 amide bonds. The molecular weight excluding hydrogens is 166 g/mol. The van der Waals surface area contributed by atoms with Crippen LogP contribution >= 0.6 is 15.9 Å². The van der Waals surface area contributed by atoms with Crippen LogP contribution in [0.25, 0.3) is 0 Å². The van der Waals surface area contributed by atoms with Gasteiger partial charge in [0.1, 0.15) is 0 Å². The van der Waals surface area contributed by atoms with E-state index < -0.39 is 0 Å². The second-order valence-electron chi connectivity index (χ2n) is 1.70. The molecule has 0 aromatic carbocycles. The van der Waals surface area contributed by atoms with E-state index >= 15 is 0 Å². The van der Waals surface area contributed by atoms with Crippen LogP contribution in [-0.2, 0) is 0 Å². The molecule has 44 valence electrons. The van der Waals surface area contributed by atoms with E-state index in [1.807, 2.05) is 12.4 Å². The first-order chi connectivity index (χ1) is 3.89. The molecule has 0 aromatic heterocycles. The molecule has 0 atom stereocenters. The third-order valence-corrected chi connectivity index (χ3v) is 1.63. The van der Waals surface area contributed by atoms with Crippen molar-refractivity contribution in [1.29, 1.82) is 0 Å². The third-order valence-electron chi connectivity index (χ3n) is 1.00. The van der Waals surface area contributed by atoms with E-state index in [4.69, 9.17) is 0 Å². The second-order valence-corrected chi connectivity index (χ2v) is 2.72. The van der Waals surface area contributed by atoms with Crippen molar-refractivity contribution in [3.8, 4) is 0 Å². The van der Waals surface area contributed by atoms with E-state index in [1.54, 1.807) is 0 Å². The Morgan fingerprint density at radius 3 is 3.38 bits per heavy atom. The summed E-state index contributed by atoms with van der Waals surface area (Å²) in [5, 5.41) is 3.01. The van der Waals surface area contributed by atoms with Gasteiger partial charge in [0, 0.05) is 10.7 Å². The molecule has 1 nitrogen and oxygen atoms in total. The molecule has 1 N–H and O–H groups in total. The summed E-state index contributed by atoms with van der Waals surface area (Å²) in [6, 6.07) is 0. The Morgan fingerprint density at radius 1 is 1.62 bits per heavy atom. The van der Waals surface area contributed by atoms with Gasteiger partial charge in [0.25, 0.3) is 0 Å². The zero-order valence-electron chi connectivity index (χ0n) is 4.52. The minimum Gasteiger partial charge on any atom is -0.367 e. The molecular formula is C6H8BrN. The van der Waals surface area contributed by atoms with E-state index in [-0.39, 0.29) is 0 Å². The summed E-state index contributed by atoms with van der Waals surface area (Å²) in [5.74, 6) is 0. The smallest absolute Gasteiger partial charge is 0.0114 e. The Labute approximate surface area is 57.6 Å². The molecule has 8 heavy (non-hydrogen) atoms. The topological polar surface area (TPSA) is 12.0 Å². The van der Waals surface area contributed by atoms with Gasteiger partial charge in [0.2, 0.25) is 0 Å². The number of hydrogen-bond donors (Lipinski definition) is 1. The number of halogens is 1. The molecule has 0 bridgehead atoms. The lowest BCUT2D eigenvalue weighted by Gasteiger charge is -1.88. The van der Waals surface area contributed by atoms with Gasteiger partial charge in [0.05, 0.1) is 0 Å². The highest BCUT2D eigenvalue weighted by atomic mass is 79.9. The molecule has 1 aliphatic heterocycles. The van der Waals surface area contributed by atoms with Gasteiger partial charge in [-0.25, -0.2) is 0 Å². The van der Waals surface area contributed by atoms with Crippen molar-refractivity contribution in [3.63, 3.8) is 0 Å². The lowest BCUT2D eigenvalue weighted by Crippen LogP contribution is -1.88. The molecule has 0 aliphatic carbocycles. The fraction of sp³-hybridized carbons (Fsp3) is 0.333. The monoisotopic (exact) mass is 173 g/mol. The lowest BCUT2D eigenvalue weighted by atomic mass is 10.3. The van der Waals surface area contributed by atoms with Crippen molar-refractivity contribution >= 4 is 15.9 Å². The highest BCUT2D eigenvalue weighted by molar-refractivity contribution is 9.11. The summed E-state index contributed by atoms with van der Waals surface area (Å²) in [7, 11) is 0. The van der Waals surface area contributed by atoms with Gasteiger partial charge < -0.3 is 5.32 Å². The fourth-order valence-corrected chi connectivity index (χ4v) is 0.944. The molecule has 0 aromatic rings. The first kappa shape index (κ1) is 5.89. The maximum Gasteiger partial charge on any atom is 0.0114 e. The van der Waals surface area contributed by atoms with Crippen molar-refractivity contribution in [2.24, 2.45) is 0 Å². The summed E-state index contributed by atoms with van der Waals surface area (Å²) >= 11 is 3.40. The number of nitrogens with one attached hydrogen (secondary N) is 1. The molecule has 1 heterocycles. The Morgan fingerprint density at radius 2 is 2.50 bits per heavy atom. The van der Waals surface area contributed by atoms with Gasteiger partial charge >= 0.3 is 0 Å². The summed E-state index contributed by atoms with van der Waals surface area (Å²) < 4.78 is 1.24. The Balaban J connectivity index is 2.48. The van der Waals surface area contributed by atoms with Crippen LogP contribution in [0.2, 0.25) is 0 Å². The molecule has 0 radical (unpaired) electrons. The van der Waals surface area contributed by atoms with Crippen LogP contribution in [-0.4, -0.2) is 0 Å². The van der Waals surface area contributed by atoms with Crippen molar-refractivity contribution in [3.05, 3.63) is 23.0 Å². The minimum absolute atomic E-state index is 1.11. The first-order valence-electron chi connectivity index (χ1n) is 2.65. The van der Waals surface area contributed by atoms with Crippen LogP contribution in [0.4, 0.5) is 0 Å². The molecule has 0 saturated heterocycles. The van der Waals surface area contributed by atoms with Crippen LogP contribution in [0.3, 0.4) is 0 Å². The van der Waals surface area contributed by atoms with Crippen LogP contribution in [0.15, 0.2) is 23.0 Å². The average Bonchev–Trinajstić information content (AvgIpc) is 1.94. The van der Waals surface area contributed by atoms with Crippen molar-refractivity contribution in [1.82, 2.24) is 5.32 Å². The van der Waals surface area contributed by atoms with Crippen LogP contribution in [0, 0.1) is 0 Å². The van der Waals surface area contributed by atoms with Gasteiger partial charge in [-0.05, 0) is 19.0 Å². The van der Waals surface area contributed by atoms with Gasteiger partial charge in [0.15, 0.2) is 0 Å². The van der Waals surface area contributed by atoms with E-state index in [9.17, 15) is 0 Å². The molecule has 0 fully saturated rings. The van der Waals surface area contributed by atoms with E-state index in [1.165, 1.54) is 4.48 Å². The summed E-state index contributed by atoms with van der Waals surface area (Å²) in [6.45, 7) is 0. The normalized spacial score (nSPS) is 18.9. The Kier molecular flexibility index (Phi) is 2.15. The van der Waals surface area contributed by atoms with E-state index in [0.717, 1.165) is 12.8 Å². The van der Waals surface area contributed by atoms with Gasteiger partial charge in [-0.1, -0.05) is 22.0 Å². The first-order valence-corrected chi connectivity index (χ1v) is 3.44. The van der Waals surface area contributed by atoms with Crippen molar-refractivity contribution in [2.75, 3.05) is 0 Å². The largest absolute Gasteiger partial charge is 0.367 e.